The first-order valence-electron chi connectivity index (χ1n) is 4.55. The molecule has 0 aromatic heterocycles. The standard InChI is InChI=1S/C9H10ClNO4S/c1-2-5-16(14,15)9-6-7(11(12)13)3-4-8(9)10/h3-4,6H,2,5H2,1H3. The van der Waals surface area contributed by atoms with E-state index in [-0.39, 0.29) is 21.4 Å². The highest BCUT2D eigenvalue weighted by molar-refractivity contribution is 7.91. The van der Waals surface area contributed by atoms with Crippen LogP contribution in [0.2, 0.25) is 5.02 Å². The lowest BCUT2D eigenvalue weighted by atomic mass is 10.3. The zero-order valence-electron chi connectivity index (χ0n) is 8.51. The minimum atomic E-state index is -3.53. The van der Waals surface area contributed by atoms with Crippen LogP contribution in [-0.4, -0.2) is 19.1 Å². The van der Waals surface area contributed by atoms with E-state index in [2.05, 4.69) is 0 Å². The molecule has 5 nitrogen and oxygen atoms in total. The molecule has 0 aliphatic rings. The molecular formula is C9H10ClNO4S. The first-order valence-corrected chi connectivity index (χ1v) is 6.58. The smallest absolute Gasteiger partial charge is 0.258 e. The quantitative estimate of drug-likeness (QED) is 0.617. The molecule has 0 spiro atoms. The summed E-state index contributed by atoms with van der Waals surface area (Å²) >= 11 is 5.72. The van der Waals surface area contributed by atoms with Gasteiger partial charge in [-0.25, -0.2) is 8.42 Å². The molecule has 1 aromatic carbocycles. The van der Waals surface area contributed by atoms with Crippen LogP contribution >= 0.6 is 11.6 Å². The summed E-state index contributed by atoms with van der Waals surface area (Å²) in [5, 5.41) is 10.5. The van der Waals surface area contributed by atoms with Crippen LogP contribution in [0.4, 0.5) is 5.69 Å². The van der Waals surface area contributed by atoms with Crippen molar-refractivity contribution in [2.24, 2.45) is 0 Å². The van der Waals surface area contributed by atoms with Gasteiger partial charge in [0.15, 0.2) is 9.84 Å². The predicted octanol–water partition coefficient (Wildman–Crippen LogP) is 2.43. The molecule has 0 amide bonds. The van der Waals surface area contributed by atoms with Gasteiger partial charge in [-0.2, -0.15) is 0 Å². The summed E-state index contributed by atoms with van der Waals surface area (Å²) in [6, 6.07) is 3.39. The maximum Gasteiger partial charge on any atom is 0.270 e. The number of nitrogens with zero attached hydrogens (tertiary/aromatic N) is 1. The van der Waals surface area contributed by atoms with Crippen molar-refractivity contribution < 1.29 is 13.3 Å². The summed E-state index contributed by atoms with van der Waals surface area (Å²) in [6.45, 7) is 1.71. The zero-order valence-corrected chi connectivity index (χ0v) is 10.1. The Labute approximate surface area is 98.1 Å². The predicted molar refractivity (Wildman–Crippen MR) is 60.5 cm³/mol. The van der Waals surface area contributed by atoms with E-state index in [1.807, 2.05) is 0 Å². The Morgan fingerprint density at radius 2 is 2.06 bits per heavy atom. The van der Waals surface area contributed by atoms with Gasteiger partial charge in [0.2, 0.25) is 0 Å². The average Bonchev–Trinajstić information content (AvgIpc) is 2.17. The van der Waals surface area contributed by atoms with E-state index in [9.17, 15) is 18.5 Å². The Kier molecular flexibility index (Phi) is 3.88. The molecular weight excluding hydrogens is 254 g/mol. The number of benzene rings is 1. The molecule has 0 saturated heterocycles. The maximum absolute atomic E-state index is 11.7. The summed E-state index contributed by atoms with van der Waals surface area (Å²) in [4.78, 5) is 9.69. The van der Waals surface area contributed by atoms with Crippen LogP contribution in [0.3, 0.4) is 0 Å². The molecule has 0 fully saturated rings. The van der Waals surface area contributed by atoms with Gasteiger partial charge < -0.3 is 0 Å². The van der Waals surface area contributed by atoms with E-state index in [1.165, 1.54) is 12.1 Å². The normalized spacial score (nSPS) is 11.4. The van der Waals surface area contributed by atoms with Crippen molar-refractivity contribution in [1.29, 1.82) is 0 Å². The van der Waals surface area contributed by atoms with E-state index >= 15 is 0 Å². The van der Waals surface area contributed by atoms with Gasteiger partial charge in [0.1, 0.15) is 0 Å². The SMILES string of the molecule is CCCS(=O)(=O)c1cc([N+](=O)[O-])ccc1Cl. The first-order chi connectivity index (χ1) is 7.38. The van der Waals surface area contributed by atoms with Gasteiger partial charge in [0.05, 0.1) is 20.6 Å². The maximum atomic E-state index is 11.7. The highest BCUT2D eigenvalue weighted by Crippen LogP contribution is 2.27. The van der Waals surface area contributed by atoms with E-state index in [0.29, 0.717) is 6.42 Å². The highest BCUT2D eigenvalue weighted by Gasteiger charge is 2.20. The van der Waals surface area contributed by atoms with Crippen molar-refractivity contribution in [1.82, 2.24) is 0 Å². The fourth-order valence-electron chi connectivity index (χ4n) is 1.22. The number of sulfone groups is 1. The van der Waals surface area contributed by atoms with Crippen LogP contribution in [0.15, 0.2) is 23.1 Å². The van der Waals surface area contributed by atoms with Gasteiger partial charge in [-0.05, 0) is 12.5 Å². The number of hydrogen-bond acceptors (Lipinski definition) is 4. The number of rotatable bonds is 4. The molecule has 88 valence electrons. The summed E-state index contributed by atoms with van der Waals surface area (Å²) in [5.74, 6) is -0.0755. The first kappa shape index (κ1) is 12.9. The second-order valence-corrected chi connectivity index (χ2v) is 5.68. The Bertz CT molecular complexity index is 512. The molecule has 0 unspecified atom stereocenters. The topological polar surface area (TPSA) is 77.3 Å². The van der Waals surface area contributed by atoms with Crippen LogP contribution in [0.1, 0.15) is 13.3 Å². The summed E-state index contributed by atoms with van der Waals surface area (Å²) < 4.78 is 23.4. The number of non-ortho nitro benzene ring substituents is 1. The van der Waals surface area contributed by atoms with Crippen molar-refractivity contribution in [3.8, 4) is 0 Å². The van der Waals surface area contributed by atoms with Gasteiger partial charge in [0, 0.05) is 12.1 Å². The summed E-state index contributed by atoms with van der Waals surface area (Å²) in [5.41, 5.74) is -0.279. The van der Waals surface area contributed by atoms with E-state index in [0.717, 1.165) is 6.07 Å². The molecule has 1 aromatic rings. The van der Waals surface area contributed by atoms with Crippen molar-refractivity contribution in [3.63, 3.8) is 0 Å². The molecule has 0 N–H and O–H groups in total. The third kappa shape index (κ3) is 2.70. The summed E-state index contributed by atoms with van der Waals surface area (Å²) in [6.07, 6.45) is 0.432. The Morgan fingerprint density at radius 3 is 2.56 bits per heavy atom. The van der Waals surface area contributed by atoms with Crippen molar-refractivity contribution >= 4 is 27.1 Å². The van der Waals surface area contributed by atoms with Gasteiger partial charge >= 0.3 is 0 Å². The second-order valence-electron chi connectivity index (χ2n) is 3.19. The molecule has 0 aliphatic heterocycles. The second kappa shape index (κ2) is 4.80. The molecule has 7 heteroatoms. The van der Waals surface area contributed by atoms with Crippen LogP contribution in [0, 0.1) is 10.1 Å². The van der Waals surface area contributed by atoms with Gasteiger partial charge in [-0.3, -0.25) is 10.1 Å². The lowest BCUT2D eigenvalue weighted by Crippen LogP contribution is -2.07. The van der Waals surface area contributed by atoms with Crippen LogP contribution < -0.4 is 0 Å². The number of hydrogen-bond donors (Lipinski definition) is 0. The van der Waals surface area contributed by atoms with E-state index in [4.69, 9.17) is 11.6 Å². The van der Waals surface area contributed by atoms with E-state index < -0.39 is 14.8 Å². The lowest BCUT2D eigenvalue weighted by Gasteiger charge is -2.04. The molecule has 0 bridgehead atoms. The molecule has 0 heterocycles. The minimum absolute atomic E-state index is 0.0130. The zero-order chi connectivity index (χ0) is 12.3. The fraction of sp³-hybridized carbons (Fsp3) is 0.333. The Balaban J connectivity index is 3.33. The largest absolute Gasteiger partial charge is 0.270 e. The molecule has 16 heavy (non-hydrogen) atoms. The fourth-order valence-corrected chi connectivity index (χ4v) is 3.12. The van der Waals surface area contributed by atoms with Gasteiger partial charge in [-0.1, -0.05) is 18.5 Å². The van der Waals surface area contributed by atoms with Crippen LogP contribution in [0.25, 0.3) is 0 Å². The van der Waals surface area contributed by atoms with Crippen LogP contribution in [-0.2, 0) is 9.84 Å². The lowest BCUT2D eigenvalue weighted by molar-refractivity contribution is -0.385. The molecule has 0 atom stereocenters. The average molecular weight is 264 g/mol. The van der Waals surface area contributed by atoms with Crippen molar-refractivity contribution in [2.75, 3.05) is 5.75 Å². The molecule has 0 saturated carbocycles. The molecule has 0 aliphatic carbocycles. The van der Waals surface area contributed by atoms with Gasteiger partial charge in [-0.15, -0.1) is 0 Å². The molecule has 0 radical (unpaired) electrons. The monoisotopic (exact) mass is 263 g/mol. The van der Waals surface area contributed by atoms with Crippen LogP contribution in [0.5, 0.6) is 0 Å². The molecule has 1 rings (SSSR count). The minimum Gasteiger partial charge on any atom is -0.258 e. The van der Waals surface area contributed by atoms with Crippen molar-refractivity contribution in [2.45, 2.75) is 18.2 Å². The van der Waals surface area contributed by atoms with Crippen molar-refractivity contribution in [3.05, 3.63) is 33.3 Å². The van der Waals surface area contributed by atoms with E-state index in [1.54, 1.807) is 6.92 Å². The number of nitro benzene ring substituents is 1. The van der Waals surface area contributed by atoms with Gasteiger partial charge in [0.25, 0.3) is 5.69 Å². The Hall–Kier alpha value is -1.14. The Morgan fingerprint density at radius 1 is 1.44 bits per heavy atom. The number of halogens is 1. The highest BCUT2D eigenvalue weighted by atomic mass is 35.5. The third-order valence-corrected chi connectivity index (χ3v) is 4.33. The third-order valence-electron chi connectivity index (χ3n) is 1.93. The number of nitro groups is 1. The summed E-state index contributed by atoms with van der Waals surface area (Å²) in [7, 11) is -3.53.